The number of carbonyl (C=O) groups is 1. The van der Waals surface area contributed by atoms with Gasteiger partial charge >= 0.3 is 0 Å². The van der Waals surface area contributed by atoms with Gasteiger partial charge in [0.05, 0.1) is 12.2 Å². The van der Waals surface area contributed by atoms with E-state index in [2.05, 4.69) is 15.4 Å². The summed E-state index contributed by atoms with van der Waals surface area (Å²) >= 11 is 1.39. The zero-order valence-electron chi connectivity index (χ0n) is 14.7. The lowest BCUT2D eigenvalue weighted by molar-refractivity contribution is -0.117. The molecule has 1 aromatic carbocycles. The molecule has 0 saturated carbocycles. The van der Waals surface area contributed by atoms with Gasteiger partial charge in [0, 0.05) is 30.4 Å². The van der Waals surface area contributed by atoms with Crippen LogP contribution < -0.4 is 15.8 Å². The van der Waals surface area contributed by atoms with E-state index >= 15 is 0 Å². The summed E-state index contributed by atoms with van der Waals surface area (Å²) in [5, 5.41) is 8.30. The first kappa shape index (κ1) is 16.7. The van der Waals surface area contributed by atoms with E-state index < -0.39 is 0 Å². The predicted octanol–water partition coefficient (Wildman–Crippen LogP) is 2.51. The third kappa shape index (κ3) is 2.96. The highest BCUT2D eigenvalue weighted by Gasteiger charge is 2.23. The lowest BCUT2D eigenvalue weighted by atomic mass is 10.1. The molecule has 2 aromatic heterocycles. The molecule has 0 bridgehead atoms. The van der Waals surface area contributed by atoms with Gasteiger partial charge in [-0.05, 0) is 38.0 Å². The maximum Gasteiger partial charge on any atom is 0.275 e. The molecule has 3 heterocycles. The SMILES string of the molecule is Cc1nn2c(=O)cc(CNc3cccc(N4CCCC4=O)c3C)nc2s1. The largest absolute Gasteiger partial charge is 0.379 e. The topological polar surface area (TPSA) is 79.6 Å². The van der Waals surface area contributed by atoms with Crippen molar-refractivity contribution in [2.24, 2.45) is 0 Å². The van der Waals surface area contributed by atoms with Crippen LogP contribution in [0.25, 0.3) is 4.96 Å². The molecule has 0 atom stereocenters. The Labute approximate surface area is 154 Å². The molecule has 1 N–H and O–H groups in total. The van der Waals surface area contributed by atoms with Crippen molar-refractivity contribution in [2.75, 3.05) is 16.8 Å². The number of rotatable bonds is 4. The smallest absolute Gasteiger partial charge is 0.275 e. The fraction of sp³-hybridized carbons (Fsp3) is 0.333. The highest BCUT2D eigenvalue weighted by molar-refractivity contribution is 7.16. The first-order chi connectivity index (χ1) is 12.5. The van der Waals surface area contributed by atoms with Gasteiger partial charge in [0.25, 0.3) is 5.56 Å². The van der Waals surface area contributed by atoms with Crippen molar-refractivity contribution in [3.63, 3.8) is 0 Å². The van der Waals surface area contributed by atoms with Gasteiger partial charge < -0.3 is 10.2 Å². The Kier molecular flexibility index (Phi) is 4.20. The molecule has 1 fully saturated rings. The summed E-state index contributed by atoms with van der Waals surface area (Å²) in [5.74, 6) is 0.172. The van der Waals surface area contributed by atoms with Gasteiger partial charge in [-0.3, -0.25) is 9.59 Å². The molecule has 1 amide bonds. The van der Waals surface area contributed by atoms with Crippen molar-refractivity contribution in [2.45, 2.75) is 33.2 Å². The predicted molar refractivity (Wildman–Crippen MR) is 102 cm³/mol. The molecule has 8 heteroatoms. The quantitative estimate of drug-likeness (QED) is 0.764. The van der Waals surface area contributed by atoms with Crippen LogP contribution in [-0.4, -0.2) is 27.0 Å². The van der Waals surface area contributed by atoms with E-state index in [0.29, 0.717) is 23.6 Å². The van der Waals surface area contributed by atoms with E-state index in [1.165, 1.54) is 21.9 Å². The summed E-state index contributed by atoms with van der Waals surface area (Å²) in [6.07, 6.45) is 1.51. The second-order valence-corrected chi connectivity index (χ2v) is 7.51. The van der Waals surface area contributed by atoms with E-state index in [1.54, 1.807) is 0 Å². The number of amides is 1. The van der Waals surface area contributed by atoms with Gasteiger partial charge in [-0.1, -0.05) is 17.4 Å². The molecule has 1 aliphatic rings. The number of hydrogen-bond donors (Lipinski definition) is 1. The van der Waals surface area contributed by atoms with Crippen LogP contribution in [0.2, 0.25) is 0 Å². The highest BCUT2D eigenvalue weighted by Crippen LogP contribution is 2.30. The molecule has 0 unspecified atom stereocenters. The lowest BCUT2D eigenvalue weighted by Gasteiger charge is -2.20. The van der Waals surface area contributed by atoms with Crippen molar-refractivity contribution >= 4 is 33.6 Å². The van der Waals surface area contributed by atoms with Crippen LogP contribution >= 0.6 is 11.3 Å². The minimum absolute atomic E-state index is 0.172. The van der Waals surface area contributed by atoms with Gasteiger partial charge in [0.15, 0.2) is 0 Å². The number of carbonyl (C=O) groups excluding carboxylic acids is 1. The number of aryl methyl sites for hydroxylation is 1. The van der Waals surface area contributed by atoms with Crippen LogP contribution in [0.5, 0.6) is 0 Å². The van der Waals surface area contributed by atoms with Crippen LogP contribution in [0.4, 0.5) is 11.4 Å². The second-order valence-electron chi connectivity index (χ2n) is 6.35. The summed E-state index contributed by atoms with van der Waals surface area (Å²) in [5.41, 5.74) is 3.39. The van der Waals surface area contributed by atoms with E-state index in [1.807, 2.05) is 36.9 Å². The number of nitrogens with one attached hydrogen (secondary N) is 1. The van der Waals surface area contributed by atoms with E-state index in [9.17, 15) is 9.59 Å². The highest BCUT2D eigenvalue weighted by atomic mass is 32.1. The maximum absolute atomic E-state index is 12.2. The van der Waals surface area contributed by atoms with Gasteiger partial charge in [-0.25, -0.2) is 4.98 Å². The van der Waals surface area contributed by atoms with E-state index in [4.69, 9.17) is 0 Å². The van der Waals surface area contributed by atoms with Gasteiger partial charge in [0.2, 0.25) is 10.9 Å². The minimum Gasteiger partial charge on any atom is -0.379 e. The Morgan fingerprint density at radius 3 is 2.88 bits per heavy atom. The Morgan fingerprint density at radius 2 is 2.12 bits per heavy atom. The van der Waals surface area contributed by atoms with E-state index in [-0.39, 0.29) is 11.5 Å². The Balaban J connectivity index is 1.58. The lowest BCUT2D eigenvalue weighted by Crippen LogP contribution is -2.24. The Morgan fingerprint density at radius 1 is 1.27 bits per heavy atom. The fourth-order valence-corrected chi connectivity index (χ4v) is 4.01. The van der Waals surface area contributed by atoms with E-state index in [0.717, 1.165) is 34.9 Å². The molecule has 3 aromatic rings. The third-order valence-corrected chi connectivity index (χ3v) is 5.35. The molecule has 134 valence electrons. The van der Waals surface area contributed by atoms with Crippen molar-refractivity contribution in [3.8, 4) is 0 Å². The molecule has 26 heavy (non-hydrogen) atoms. The summed E-state index contributed by atoms with van der Waals surface area (Å²) in [6.45, 7) is 5.05. The molecule has 0 radical (unpaired) electrons. The number of hydrogen-bond acceptors (Lipinski definition) is 6. The summed E-state index contributed by atoms with van der Waals surface area (Å²) in [7, 11) is 0. The van der Waals surface area contributed by atoms with Crippen molar-refractivity contribution in [1.29, 1.82) is 0 Å². The Hall–Kier alpha value is -2.74. The molecule has 4 rings (SSSR count). The first-order valence-corrected chi connectivity index (χ1v) is 9.35. The Bertz CT molecular complexity index is 1060. The fourth-order valence-electron chi connectivity index (χ4n) is 3.24. The van der Waals surface area contributed by atoms with Crippen molar-refractivity contribution in [3.05, 3.63) is 50.9 Å². The number of nitrogens with zero attached hydrogens (tertiary/aromatic N) is 4. The van der Waals surface area contributed by atoms with Gasteiger partial charge in [0.1, 0.15) is 5.01 Å². The molecule has 7 nitrogen and oxygen atoms in total. The van der Waals surface area contributed by atoms with Crippen molar-refractivity contribution < 1.29 is 4.79 Å². The summed E-state index contributed by atoms with van der Waals surface area (Å²) in [4.78, 5) is 31.1. The standard InChI is InChI=1S/C18H19N5O2S/c1-11-14(5-3-6-15(11)22-8-4-7-16(22)24)19-10-13-9-17(25)23-18(20-13)26-12(2)21-23/h3,5-6,9,19H,4,7-8,10H2,1-2H3. The molecule has 1 aliphatic heterocycles. The van der Waals surface area contributed by atoms with Crippen LogP contribution in [0.15, 0.2) is 29.1 Å². The molecule has 1 saturated heterocycles. The molecular weight excluding hydrogens is 350 g/mol. The molecular formula is C18H19N5O2S. The van der Waals surface area contributed by atoms with Gasteiger partial charge in [-0.2, -0.15) is 9.61 Å². The first-order valence-electron chi connectivity index (χ1n) is 8.53. The molecule has 0 spiro atoms. The van der Waals surface area contributed by atoms with Gasteiger partial charge in [-0.15, -0.1) is 0 Å². The average molecular weight is 369 g/mol. The minimum atomic E-state index is -0.177. The number of anilines is 2. The average Bonchev–Trinajstić information content (AvgIpc) is 3.19. The monoisotopic (exact) mass is 369 g/mol. The zero-order chi connectivity index (χ0) is 18.3. The van der Waals surface area contributed by atoms with Crippen LogP contribution in [0.3, 0.4) is 0 Å². The maximum atomic E-state index is 12.2. The summed E-state index contributed by atoms with van der Waals surface area (Å²) < 4.78 is 1.33. The van der Waals surface area contributed by atoms with Crippen LogP contribution in [-0.2, 0) is 11.3 Å². The van der Waals surface area contributed by atoms with Crippen LogP contribution in [0, 0.1) is 13.8 Å². The summed E-state index contributed by atoms with van der Waals surface area (Å²) in [6, 6.07) is 7.39. The number of fused-ring (bicyclic) bond motifs is 1. The number of aromatic nitrogens is 3. The van der Waals surface area contributed by atoms with Crippen molar-refractivity contribution in [1.82, 2.24) is 14.6 Å². The number of benzene rings is 1. The second kappa shape index (κ2) is 6.53. The zero-order valence-corrected chi connectivity index (χ0v) is 15.5. The normalized spacial score (nSPS) is 14.4. The van der Waals surface area contributed by atoms with Crippen LogP contribution in [0.1, 0.15) is 29.1 Å². The third-order valence-electron chi connectivity index (χ3n) is 4.53. The molecule has 0 aliphatic carbocycles.